The Bertz CT molecular complexity index is 443. The van der Waals surface area contributed by atoms with Gasteiger partial charge in [-0.05, 0) is 43.7 Å². The lowest BCUT2D eigenvalue weighted by molar-refractivity contribution is 0.308. The van der Waals surface area contributed by atoms with Gasteiger partial charge in [-0.3, -0.25) is 0 Å². The van der Waals surface area contributed by atoms with Gasteiger partial charge in [-0.2, -0.15) is 0 Å². The summed E-state index contributed by atoms with van der Waals surface area (Å²) in [6.07, 6.45) is 2.31. The van der Waals surface area contributed by atoms with Crippen LogP contribution in [0.3, 0.4) is 0 Å². The summed E-state index contributed by atoms with van der Waals surface area (Å²) in [6.45, 7) is 12.5. The van der Waals surface area contributed by atoms with Gasteiger partial charge in [0.15, 0.2) is 0 Å². The Labute approximate surface area is 118 Å². The van der Waals surface area contributed by atoms with E-state index in [0.717, 1.165) is 13.0 Å². The first-order chi connectivity index (χ1) is 8.74. The molecule has 0 aromatic heterocycles. The molecule has 1 aliphatic rings. The average Bonchev–Trinajstić information content (AvgIpc) is 2.31. The van der Waals surface area contributed by atoms with E-state index in [1.807, 2.05) is 0 Å². The van der Waals surface area contributed by atoms with Crippen molar-refractivity contribution in [2.75, 3.05) is 11.4 Å². The zero-order valence-electron chi connectivity index (χ0n) is 13.0. The van der Waals surface area contributed by atoms with Gasteiger partial charge in [-0.15, -0.1) is 0 Å². The van der Waals surface area contributed by atoms with Gasteiger partial charge in [0.1, 0.15) is 0 Å². The number of hydrogen-bond acceptors (Lipinski definition) is 2. The van der Waals surface area contributed by atoms with Crippen molar-refractivity contribution in [2.45, 2.75) is 64.5 Å². The molecule has 0 saturated carbocycles. The highest BCUT2D eigenvalue weighted by Gasteiger charge is 2.38. The van der Waals surface area contributed by atoms with Gasteiger partial charge in [0.05, 0.1) is 0 Å². The number of para-hydroxylation sites is 1. The standard InChI is InChI=1S/C17H28N2/c1-16(2,3)13-9-6-7-10-14(13)19-12-8-11-15(18)17(19,4)5/h6-7,9-10,15H,8,11-12,18H2,1-5H3. The maximum atomic E-state index is 6.36. The van der Waals surface area contributed by atoms with Gasteiger partial charge >= 0.3 is 0 Å². The van der Waals surface area contributed by atoms with Crippen molar-refractivity contribution in [1.29, 1.82) is 0 Å². The van der Waals surface area contributed by atoms with Crippen LogP contribution in [0.2, 0.25) is 0 Å². The molecule has 2 rings (SSSR count). The van der Waals surface area contributed by atoms with E-state index < -0.39 is 0 Å². The van der Waals surface area contributed by atoms with Crippen LogP contribution >= 0.6 is 0 Å². The van der Waals surface area contributed by atoms with Crippen LogP contribution in [0.4, 0.5) is 5.69 Å². The minimum absolute atomic E-state index is 0.0274. The highest BCUT2D eigenvalue weighted by molar-refractivity contribution is 5.58. The predicted octanol–water partition coefficient (Wildman–Crippen LogP) is 3.69. The van der Waals surface area contributed by atoms with Crippen LogP contribution in [0.15, 0.2) is 24.3 Å². The summed E-state index contributed by atoms with van der Waals surface area (Å²) in [5, 5.41) is 0. The van der Waals surface area contributed by atoms with Crippen molar-refractivity contribution in [3.05, 3.63) is 29.8 Å². The molecule has 1 aromatic carbocycles. The molecule has 2 nitrogen and oxygen atoms in total. The van der Waals surface area contributed by atoms with Crippen molar-refractivity contribution in [3.8, 4) is 0 Å². The number of benzene rings is 1. The quantitative estimate of drug-likeness (QED) is 0.834. The Hall–Kier alpha value is -1.02. The van der Waals surface area contributed by atoms with E-state index >= 15 is 0 Å². The maximum Gasteiger partial charge on any atom is 0.0496 e. The third kappa shape index (κ3) is 2.64. The number of hydrogen-bond donors (Lipinski definition) is 1. The van der Waals surface area contributed by atoms with Crippen LogP contribution in [0.5, 0.6) is 0 Å². The topological polar surface area (TPSA) is 29.3 Å². The number of nitrogens with two attached hydrogens (primary N) is 1. The average molecular weight is 260 g/mol. The zero-order valence-corrected chi connectivity index (χ0v) is 13.0. The molecule has 0 bridgehead atoms. The molecule has 106 valence electrons. The molecule has 0 amide bonds. The van der Waals surface area contributed by atoms with Gasteiger partial charge in [-0.25, -0.2) is 0 Å². The molecular formula is C17H28N2. The zero-order chi connectivity index (χ0) is 14.3. The fourth-order valence-electron chi connectivity index (χ4n) is 3.08. The molecule has 0 spiro atoms. The van der Waals surface area contributed by atoms with Crippen LogP contribution in [-0.4, -0.2) is 18.1 Å². The van der Waals surface area contributed by atoms with Gasteiger partial charge in [0.2, 0.25) is 0 Å². The van der Waals surface area contributed by atoms with Crippen molar-refractivity contribution >= 4 is 5.69 Å². The van der Waals surface area contributed by atoms with E-state index in [4.69, 9.17) is 5.73 Å². The van der Waals surface area contributed by atoms with Crippen LogP contribution in [-0.2, 0) is 5.41 Å². The third-order valence-electron chi connectivity index (χ3n) is 4.50. The van der Waals surface area contributed by atoms with Crippen LogP contribution in [0, 0.1) is 0 Å². The maximum absolute atomic E-state index is 6.36. The summed E-state index contributed by atoms with van der Waals surface area (Å²) in [6, 6.07) is 9.03. The highest BCUT2D eigenvalue weighted by Crippen LogP contribution is 2.38. The Morgan fingerprint density at radius 1 is 1.21 bits per heavy atom. The largest absolute Gasteiger partial charge is 0.365 e. The fourth-order valence-corrected chi connectivity index (χ4v) is 3.08. The van der Waals surface area contributed by atoms with Crippen molar-refractivity contribution in [3.63, 3.8) is 0 Å². The molecule has 1 fully saturated rings. The monoisotopic (exact) mass is 260 g/mol. The minimum Gasteiger partial charge on any atom is -0.365 e. The Balaban J connectivity index is 2.47. The molecule has 1 unspecified atom stereocenters. The number of piperidine rings is 1. The van der Waals surface area contributed by atoms with E-state index in [-0.39, 0.29) is 17.0 Å². The van der Waals surface area contributed by atoms with Gasteiger partial charge in [0.25, 0.3) is 0 Å². The first-order valence-electron chi connectivity index (χ1n) is 7.37. The van der Waals surface area contributed by atoms with E-state index in [2.05, 4.69) is 63.8 Å². The SMILES string of the molecule is CC(C)(C)c1ccccc1N1CCCC(N)C1(C)C. The van der Waals surface area contributed by atoms with Crippen molar-refractivity contribution in [1.82, 2.24) is 0 Å². The number of anilines is 1. The van der Waals surface area contributed by atoms with E-state index in [0.29, 0.717) is 0 Å². The molecule has 1 aromatic rings. The molecule has 0 aliphatic carbocycles. The molecule has 1 aliphatic heterocycles. The summed E-state index contributed by atoms with van der Waals surface area (Å²) in [7, 11) is 0. The summed E-state index contributed by atoms with van der Waals surface area (Å²) in [5.41, 5.74) is 9.32. The summed E-state index contributed by atoms with van der Waals surface area (Å²) < 4.78 is 0. The first kappa shape index (κ1) is 14.4. The lowest BCUT2D eigenvalue weighted by Crippen LogP contribution is -2.60. The minimum atomic E-state index is 0.0274. The lowest BCUT2D eigenvalue weighted by atomic mass is 9.81. The number of rotatable bonds is 1. The van der Waals surface area contributed by atoms with Crippen molar-refractivity contribution in [2.24, 2.45) is 5.73 Å². The van der Waals surface area contributed by atoms with E-state index in [9.17, 15) is 0 Å². The summed E-state index contributed by atoms with van der Waals surface area (Å²) in [5.74, 6) is 0. The molecule has 0 radical (unpaired) electrons. The number of nitrogens with zero attached hydrogens (tertiary/aromatic N) is 1. The fraction of sp³-hybridized carbons (Fsp3) is 0.647. The third-order valence-corrected chi connectivity index (χ3v) is 4.50. The van der Waals surface area contributed by atoms with Crippen molar-refractivity contribution < 1.29 is 0 Å². The van der Waals surface area contributed by atoms with E-state index in [1.165, 1.54) is 17.7 Å². The lowest BCUT2D eigenvalue weighted by Gasteiger charge is -2.49. The van der Waals surface area contributed by atoms with Crippen LogP contribution in [0.1, 0.15) is 53.0 Å². The molecule has 19 heavy (non-hydrogen) atoms. The van der Waals surface area contributed by atoms with Crippen LogP contribution < -0.4 is 10.6 Å². The molecule has 1 saturated heterocycles. The summed E-state index contributed by atoms with van der Waals surface area (Å²) >= 11 is 0. The second-order valence-electron chi connectivity index (χ2n) is 7.32. The van der Waals surface area contributed by atoms with Gasteiger partial charge in [0, 0.05) is 23.8 Å². The van der Waals surface area contributed by atoms with Crippen LogP contribution in [0.25, 0.3) is 0 Å². The molecular weight excluding hydrogens is 232 g/mol. The summed E-state index contributed by atoms with van der Waals surface area (Å²) in [4.78, 5) is 2.52. The second-order valence-corrected chi connectivity index (χ2v) is 7.32. The Kier molecular flexibility index (Phi) is 3.65. The first-order valence-corrected chi connectivity index (χ1v) is 7.37. The molecule has 2 heteroatoms. The molecule has 1 heterocycles. The van der Waals surface area contributed by atoms with Gasteiger partial charge < -0.3 is 10.6 Å². The smallest absolute Gasteiger partial charge is 0.0496 e. The predicted molar refractivity (Wildman–Crippen MR) is 83.8 cm³/mol. The normalized spacial score (nSPS) is 23.5. The molecule has 2 N–H and O–H groups in total. The Morgan fingerprint density at radius 3 is 2.47 bits per heavy atom. The van der Waals surface area contributed by atoms with Gasteiger partial charge in [-0.1, -0.05) is 39.0 Å². The highest BCUT2D eigenvalue weighted by atomic mass is 15.2. The Morgan fingerprint density at radius 2 is 1.84 bits per heavy atom. The van der Waals surface area contributed by atoms with E-state index in [1.54, 1.807) is 0 Å². The second kappa shape index (κ2) is 4.82. The molecule has 1 atom stereocenters.